The number of carbonyl (C=O) groups excluding carboxylic acids is 1. The molecule has 0 saturated carbocycles. The van der Waals surface area contributed by atoms with Crippen molar-refractivity contribution in [1.29, 1.82) is 5.41 Å². The van der Waals surface area contributed by atoms with Crippen molar-refractivity contribution in [2.24, 2.45) is 0 Å². The number of aliphatic hydroxyl groups is 1. The fourth-order valence-electron chi connectivity index (χ4n) is 3.06. The van der Waals surface area contributed by atoms with Crippen molar-refractivity contribution in [3.63, 3.8) is 0 Å². The van der Waals surface area contributed by atoms with Crippen LogP contribution < -0.4 is 10.2 Å². The molecule has 6 heteroatoms. The van der Waals surface area contributed by atoms with E-state index in [-0.39, 0.29) is 5.84 Å². The second-order valence-electron chi connectivity index (χ2n) is 5.70. The van der Waals surface area contributed by atoms with E-state index >= 15 is 0 Å². The molecule has 2 rings (SSSR count). The van der Waals surface area contributed by atoms with Gasteiger partial charge in [-0.1, -0.05) is 17.7 Å². The number of Topliss-reactive ketones (excluding diaryl/α,β-unsaturated/α-hetero) is 1. The molecule has 0 bridgehead atoms. The Hall–Kier alpha value is -1.85. The Balaban J connectivity index is 2.49. The third-order valence-electron chi connectivity index (χ3n) is 4.01. The molecule has 0 unspecified atom stereocenters. The molecule has 1 saturated heterocycles. The van der Waals surface area contributed by atoms with Crippen LogP contribution in [-0.2, 0) is 4.79 Å². The number of nitrogens with zero attached hydrogens (tertiary/aromatic N) is 1. The number of aliphatic hydroxyl groups excluding tert-OH is 1. The molecule has 1 aromatic rings. The van der Waals surface area contributed by atoms with Crippen LogP contribution in [0.25, 0.3) is 0 Å². The van der Waals surface area contributed by atoms with Crippen molar-refractivity contribution in [3.8, 4) is 0 Å². The molecule has 124 valence electrons. The number of hydrogen-bond acceptors (Lipinski definition) is 4. The Morgan fingerprint density at radius 2 is 2.13 bits per heavy atom. The zero-order valence-corrected chi connectivity index (χ0v) is 14.4. The maximum absolute atomic E-state index is 11.9. The third kappa shape index (κ3) is 3.41. The molecule has 1 fully saturated rings. The summed E-state index contributed by atoms with van der Waals surface area (Å²) in [5.74, 6) is -0.142. The quantitative estimate of drug-likeness (QED) is 0.739. The lowest BCUT2D eigenvalue weighted by Crippen LogP contribution is -2.39. The minimum Gasteiger partial charge on any atom is -0.388 e. The molecule has 0 amide bonds. The van der Waals surface area contributed by atoms with Crippen LogP contribution in [0, 0.1) is 19.3 Å². The van der Waals surface area contributed by atoms with Gasteiger partial charge < -0.3 is 15.3 Å². The molecule has 1 heterocycles. The van der Waals surface area contributed by atoms with E-state index in [4.69, 9.17) is 22.1 Å². The predicted molar refractivity (Wildman–Crippen MR) is 93.4 cm³/mol. The van der Waals surface area contributed by atoms with Crippen LogP contribution >= 0.6 is 11.6 Å². The van der Waals surface area contributed by atoms with Crippen LogP contribution in [0.4, 0.5) is 5.69 Å². The summed E-state index contributed by atoms with van der Waals surface area (Å²) >= 11 is 6.41. The van der Waals surface area contributed by atoms with Gasteiger partial charge in [0.2, 0.25) is 5.78 Å². The Kier molecular flexibility index (Phi) is 5.44. The zero-order valence-electron chi connectivity index (χ0n) is 13.7. The van der Waals surface area contributed by atoms with Crippen LogP contribution in [0.1, 0.15) is 24.0 Å². The highest BCUT2D eigenvalue weighted by atomic mass is 35.5. The lowest BCUT2D eigenvalue weighted by Gasteiger charge is -2.34. The number of carbonyl (C=O) groups is 1. The predicted octanol–water partition coefficient (Wildman–Crippen LogP) is 2.57. The minimum absolute atomic E-state index is 0.260. The van der Waals surface area contributed by atoms with Crippen LogP contribution in [0.5, 0.6) is 0 Å². The van der Waals surface area contributed by atoms with Gasteiger partial charge in [0, 0.05) is 19.2 Å². The van der Waals surface area contributed by atoms with Gasteiger partial charge in [-0.2, -0.15) is 0 Å². The Bertz CT molecular complexity index is 659. The number of rotatable bonds is 4. The lowest BCUT2D eigenvalue weighted by atomic mass is 9.97. The number of amidine groups is 1. The SMILES string of the molecule is CN/C(C(=O)CO)=C1/CCCN(c2c(C)cc(C)cc2Cl)C1=N. The van der Waals surface area contributed by atoms with Crippen LogP contribution in [0.2, 0.25) is 5.02 Å². The molecule has 1 aromatic carbocycles. The second kappa shape index (κ2) is 7.15. The van der Waals surface area contributed by atoms with E-state index in [2.05, 4.69) is 5.32 Å². The van der Waals surface area contributed by atoms with E-state index in [0.29, 0.717) is 29.3 Å². The first-order valence-electron chi connectivity index (χ1n) is 7.58. The van der Waals surface area contributed by atoms with Gasteiger partial charge >= 0.3 is 0 Å². The number of benzene rings is 1. The maximum atomic E-state index is 11.9. The third-order valence-corrected chi connectivity index (χ3v) is 4.29. The molecule has 1 aliphatic rings. The van der Waals surface area contributed by atoms with Gasteiger partial charge in [0.15, 0.2) is 0 Å². The van der Waals surface area contributed by atoms with E-state index in [1.807, 2.05) is 30.9 Å². The first-order valence-corrected chi connectivity index (χ1v) is 7.96. The van der Waals surface area contributed by atoms with Crippen LogP contribution in [0.15, 0.2) is 23.4 Å². The van der Waals surface area contributed by atoms with E-state index in [1.165, 1.54) is 0 Å². The number of piperidine rings is 1. The molecule has 0 atom stereocenters. The minimum atomic E-state index is -0.572. The van der Waals surface area contributed by atoms with Gasteiger partial charge in [0.1, 0.15) is 12.4 Å². The van der Waals surface area contributed by atoms with Crippen LogP contribution in [0.3, 0.4) is 0 Å². The molecule has 0 spiro atoms. The molecule has 1 aliphatic heterocycles. The average molecular weight is 336 g/mol. The van der Waals surface area contributed by atoms with Gasteiger partial charge in [-0.15, -0.1) is 0 Å². The van der Waals surface area contributed by atoms with E-state index < -0.39 is 12.4 Å². The molecule has 23 heavy (non-hydrogen) atoms. The normalized spacial score (nSPS) is 17.3. The maximum Gasteiger partial charge on any atom is 0.204 e. The van der Waals surface area contributed by atoms with Gasteiger partial charge in [-0.3, -0.25) is 10.2 Å². The largest absolute Gasteiger partial charge is 0.388 e. The van der Waals surface area contributed by atoms with E-state index in [9.17, 15) is 4.79 Å². The van der Waals surface area contributed by atoms with E-state index in [1.54, 1.807) is 7.05 Å². The summed E-state index contributed by atoms with van der Waals surface area (Å²) in [6, 6.07) is 3.91. The number of aryl methyl sites for hydroxylation is 2. The molecule has 0 aromatic heterocycles. The molecular weight excluding hydrogens is 314 g/mol. The monoisotopic (exact) mass is 335 g/mol. The molecule has 0 aliphatic carbocycles. The number of ketones is 1. The Morgan fingerprint density at radius 1 is 1.43 bits per heavy atom. The summed E-state index contributed by atoms with van der Waals surface area (Å²) in [6.07, 6.45) is 1.44. The van der Waals surface area contributed by atoms with Gasteiger partial charge in [-0.25, -0.2) is 0 Å². The highest BCUT2D eigenvalue weighted by molar-refractivity contribution is 6.34. The number of nitrogens with one attached hydrogen (secondary N) is 2. The molecule has 3 N–H and O–H groups in total. The van der Waals surface area contributed by atoms with Crippen LogP contribution in [-0.4, -0.2) is 36.9 Å². The van der Waals surface area contributed by atoms with Gasteiger partial charge in [0.25, 0.3) is 0 Å². The van der Waals surface area contributed by atoms with Crippen molar-refractivity contribution in [2.75, 3.05) is 25.1 Å². The van der Waals surface area contributed by atoms with Crippen molar-refractivity contribution in [2.45, 2.75) is 26.7 Å². The smallest absolute Gasteiger partial charge is 0.204 e. The first-order chi connectivity index (χ1) is 10.9. The molecular formula is C17H22ClN3O2. The fraction of sp³-hybridized carbons (Fsp3) is 0.412. The van der Waals surface area contributed by atoms with Gasteiger partial charge in [-0.05, 0) is 43.9 Å². The Labute approximate surface area is 141 Å². The number of halogens is 1. The summed E-state index contributed by atoms with van der Waals surface area (Å²) in [4.78, 5) is 13.7. The second-order valence-corrected chi connectivity index (χ2v) is 6.11. The summed E-state index contributed by atoms with van der Waals surface area (Å²) < 4.78 is 0. The van der Waals surface area contributed by atoms with Crippen molar-refractivity contribution in [3.05, 3.63) is 39.6 Å². The molecule has 0 radical (unpaired) electrons. The first kappa shape index (κ1) is 17.5. The number of anilines is 1. The summed E-state index contributed by atoms with van der Waals surface area (Å²) in [7, 11) is 1.63. The van der Waals surface area contributed by atoms with Crippen molar-refractivity contribution >= 4 is 28.9 Å². The summed E-state index contributed by atoms with van der Waals surface area (Å²) in [6.45, 7) is 4.05. The summed E-state index contributed by atoms with van der Waals surface area (Å²) in [5.41, 5.74) is 3.81. The highest BCUT2D eigenvalue weighted by Crippen LogP contribution is 2.35. The van der Waals surface area contributed by atoms with Crippen molar-refractivity contribution < 1.29 is 9.90 Å². The average Bonchev–Trinajstić information content (AvgIpc) is 2.49. The van der Waals surface area contributed by atoms with Crippen molar-refractivity contribution in [1.82, 2.24) is 5.32 Å². The molecule has 5 nitrogen and oxygen atoms in total. The van der Waals surface area contributed by atoms with Gasteiger partial charge in [0.05, 0.1) is 16.4 Å². The number of hydrogen-bond donors (Lipinski definition) is 3. The van der Waals surface area contributed by atoms with E-state index in [0.717, 1.165) is 23.2 Å². The zero-order chi connectivity index (χ0) is 17.1. The topological polar surface area (TPSA) is 76.4 Å². The Morgan fingerprint density at radius 3 is 2.70 bits per heavy atom. The summed E-state index contributed by atoms with van der Waals surface area (Å²) in [5, 5.41) is 21.1. The highest BCUT2D eigenvalue weighted by Gasteiger charge is 2.28. The standard InChI is InChI=1S/C17H22ClN3O2/c1-10-7-11(2)16(13(18)8-10)21-6-4-5-12(17(21)19)15(20-3)14(23)9-22/h7-8,19-20,22H,4-6,9H2,1-3H3/b15-12-,19-17?. The number of likely N-dealkylation sites (N-methyl/N-ethyl adjacent to an activating group) is 1. The lowest BCUT2D eigenvalue weighted by molar-refractivity contribution is -0.118. The fourth-order valence-corrected chi connectivity index (χ4v) is 3.48.